The van der Waals surface area contributed by atoms with Crippen molar-refractivity contribution in [2.24, 2.45) is 0 Å². The molecule has 7 nitrogen and oxygen atoms in total. The molecule has 0 amide bonds. The number of carbonyl (C=O) groups is 1. The summed E-state index contributed by atoms with van der Waals surface area (Å²) in [5, 5.41) is 10.4. The van der Waals surface area contributed by atoms with Gasteiger partial charge in [0.1, 0.15) is 5.76 Å². The van der Waals surface area contributed by atoms with E-state index in [4.69, 9.17) is 20.3 Å². The van der Waals surface area contributed by atoms with Gasteiger partial charge in [0.05, 0.1) is 18.9 Å². The first kappa shape index (κ1) is 19.0. The number of nitrogen functional groups attached to an aromatic ring is 1. The molecule has 1 atom stereocenters. The molecule has 26 heavy (non-hydrogen) atoms. The molecule has 0 spiro atoms. The number of hydrogen-bond acceptors (Lipinski definition) is 7. The third-order valence-electron chi connectivity index (χ3n) is 3.76. The van der Waals surface area contributed by atoms with Crippen LogP contribution in [0.3, 0.4) is 0 Å². The minimum absolute atomic E-state index is 0.0822. The molecule has 0 bridgehead atoms. The van der Waals surface area contributed by atoms with Crippen molar-refractivity contribution in [3.63, 3.8) is 0 Å². The minimum Gasteiger partial charge on any atom is -0.465 e. The zero-order chi connectivity index (χ0) is 19.1. The summed E-state index contributed by atoms with van der Waals surface area (Å²) in [7, 11) is 1.35. The second-order valence-corrected chi connectivity index (χ2v) is 5.56. The highest BCUT2D eigenvalue weighted by molar-refractivity contribution is 5.91. The predicted molar refractivity (Wildman–Crippen MR) is 102 cm³/mol. The lowest BCUT2D eigenvalue weighted by molar-refractivity contribution is -0.135. The van der Waals surface area contributed by atoms with Gasteiger partial charge in [0.25, 0.3) is 6.01 Å². The molecular weight excluding hydrogens is 332 g/mol. The molecule has 0 aliphatic rings. The highest BCUT2D eigenvalue weighted by Crippen LogP contribution is 2.24. The summed E-state index contributed by atoms with van der Waals surface area (Å²) < 4.78 is 10.4. The molecule has 0 radical (unpaired) electrons. The first-order chi connectivity index (χ1) is 12.5. The molecule has 2 rings (SSSR count). The van der Waals surface area contributed by atoms with Crippen LogP contribution in [0.2, 0.25) is 0 Å². The van der Waals surface area contributed by atoms with Gasteiger partial charge in [-0.15, -0.1) is 0 Å². The van der Waals surface area contributed by atoms with Crippen LogP contribution in [0.1, 0.15) is 31.1 Å². The molecule has 4 N–H and O–H groups in total. The SMILES string of the molecule is C/C=C(\C=C/C(C)c1cnc(Nc2ccc(N)c(C=N)c2)o1)C(=O)OC. The summed E-state index contributed by atoms with van der Waals surface area (Å²) >= 11 is 0. The molecule has 7 heteroatoms. The van der Waals surface area contributed by atoms with Crippen LogP contribution >= 0.6 is 0 Å². The van der Waals surface area contributed by atoms with Crippen LogP contribution in [0.25, 0.3) is 0 Å². The predicted octanol–water partition coefficient (Wildman–Crippen LogP) is 3.78. The minimum atomic E-state index is -0.388. The lowest BCUT2D eigenvalue weighted by Gasteiger charge is -2.06. The van der Waals surface area contributed by atoms with Gasteiger partial charge in [-0.05, 0) is 25.1 Å². The van der Waals surface area contributed by atoms with Crippen molar-refractivity contribution in [1.29, 1.82) is 5.41 Å². The topological polar surface area (TPSA) is 114 Å². The maximum atomic E-state index is 11.6. The second kappa shape index (κ2) is 8.66. The van der Waals surface area contributed by atoms with Gasteiger partial charge in [0.15, 0.2) is 0 Å². The standard InChI is InChI=1S/C19H22N4O3/c1-4-13(18(24)25-3)6-5-12(2)17-11-22-19(26-17)23-15-7-8-16(21)14(9-15)10-20/h4-12,20H,21H2,1-3H3,(H,22,23)/b6-5-,13-4+,20-10?. The molecule has 0 saturated heterocycles. The first-order valence-electron chi connectivity index (χ1n) is 8.04. The van der Waals surface area contributed by atoms with Gasteiger partial charge in [-0.1, -0.05) is 25.2 Å². The smallest absolute Gasteiger partial charge is 0.337 e. The van der Waals surface area contributed by atoms with E-state index in [1.165, 1.54) is 13.3 Å². The van der Waals surface area contributed by atoms with Gasteiger partial charge in [-0.25, -0.2) is 9.78 Å². The van der Waals surface area contributed by atoms with Crippen molar-refractivity contribution in [1.82, 2.24) is 4.98 Å². The lowest BCUT2D eigenvalue weighted by Crippen LogP contribution is -2.02. The van der Waals surface area contributed by atoms with Gasteiger partial charge in [-0.2, -0.15) is 0 Å². The Morgan fingerprint density at radius 2 is 2.23 bits per heavy atom. The van der Waals surface area contributed by atoms with E-state index in [0.29, 0.717) is 28.6 Å². The van der Waals surface area contributed by atoms with Crippen molar-refractivity contribution in [3.05, 3.63) is 59.5 Å². The van der Waals surface area contributed by atoms with E-state index >= 15 is 0 Å². The number of hydrogen-bond donors (Lipinski definition) is 3. The monoisotopic (exact) mass is 354 g/mol. The molecule has 1 aromatic carbocycles. The van der Waals surface area contributed by atoms with E-state index in [1.807, 2.05) is 13.0 Å². The van der Waals surface area contributed by atoms with Crippen molar-refractivity contribution in [2.45, 2.75) is 19.8 Å². The number of nitrogens with zero attached hydrogens (tertiary/aromatic N) is 1. The number of aromatic nitrogens is 1. The number of esters is 1. The van der Waals surface area contributed by atoms with Gasteiger partial charge < -0.3 is 25.6 Å². The summed E-state index contributed by atoms with van der Waals surface area (Å²) in [6.45, 7) is 3.70. The van der Waals surface area contributed by atoms with E-state index in [0.717, 1.165) is 5.69 Å². The summed E-state index contributed by atoms with van der Waals surface area (Å²) in [4.78, 5) is 15.8. The normalized spacial score (nSPS) is 12.8. The van der Waals surface area contributed by atoms with Crippen LogP contribution in [0, 0.1) is 5.41 Å². The highest BCUT2D eigenvalue weighted by atomic mass is 16.5. The van der Waals surface area contributed by atoms with Crippen molar-refractivity contribution in [3.8, 4) is 0 Å². The Balaban J connectivity index is 2.09. The van der Waals surface area contributed by atoms with E-state index in [2.05, 4.69) is 10.3 Å². The Hall–Kier alpha value is -3.35. The molecule has 0 fully saturated rings. The van der Waals surface area contributed by atoms with Crippen molar-refractivity contribution in [2.75, 3.05) is 18.2 Å². The molecule has 0 saturated carbocycles. The van der Waals surface area contributed by atoms with Gasteiger partial charge in [0, 0.05) is 29.1 Å². The van der Waals surface area contributed by atoms with Gasteiger partial charge in [0.2, 0.25) is 0 Å². The number of ether oxygens (including phenoxy) is 1. The number of allylic oxidation sites excluding steroid dienone is 2. The zero-order valence-corrected chi connectivity index (χ0v) is 14.9. The Morgan fingerprint density at radius 1 is 1.46 bits per heavy atom. The van der Waals surface area contributed by atoms with E-state index < -0.39 is 0 Å². The second-order valence-electron chi connectivity index (χ2n) is 5.56. The number of nitrogens with two attached hydrogens (primary N) is 1. The average molecular weight is 354 g/mol. The van der Waals surface area contributed by atoms with Crippen LogP contribution in [0.5, 0.6) is 0 Å². The third-order valence-corrected chi connectivity index (χ3v) is 3.76. The maximum Gasteiger partial charge on any atom is 0.337 e. The third kappa shape index (κ3) is 4.60. The van der Waals surface area contributed by atoms with Gasteiger partial charge in [-0.3, -0.25) is 0 Å². The maximum absolute atomic E-state index is 11.6. The Labute approximate surface area is 152 Å². The number of oxazole rings is 1. The van der Waals surface area contributed by atoms with Crippen molar-refractivity contribution >= 4 is 29.6 Å². The number of benzene rings is 1. The number of methoxy groups -OCH3 is 1. The molecule has 0 aliphatic heterocycles. The molecule has 136 valence electrons. The molecule has 2 aromatic rings. The van der Waals surface area contributed by atoms with E-state index in [1.54, 1.807) is 43.5 Å². The largest absolute Gasteiger partial charge is 0.465 e. The molecular formula is C19H22N4O3. The molecule has 0 aliphatic carbocycles. The number of anilines is 3. The number of rotatable bonds is 7. The van der Waals surface area contributed by atoms with Gasteiger partial charge >= 0.3 is 5.97 Å². The fraction of sp³-hybridized carbons (Fsp3) is 0.211. The number of carbonyl (C=O) groups excluding carboxylic acids is 1. The molecule has 1 aromatic heterocycles. The number of nitrogens with one attached hydrogen (secondary N) is 2. The van der Waals surface area contributed by atoms with Crippen LogP contribution in [0.15, 0.2) is 52.6 Å². The fourth-order valence-corrected chi connectivity index (χ4v) is 2.20. The zero-order valence-electron chi connectivity index (χ0n) is 14.9. The summed E-state index contributed by atoms with van der Waals surface area (Å²) in [5.74, 6) is 0.175. The van der Waals surface area contributed by atoms with E-state index in [-0.39, 0.29) is 11.9 Å². The Kier molecular flexibility index (Phi) is 6.32. The highest BCUT2D eigenvalue weighted by Gasteiger charge is 2.11. The van der Waals surface area contributed by atoms with Crippen molar-refractivity contribution < 1.29 is 13.9 Å². The van der Waals surface area contributed by atoms with Crippen LogP contribution < -0.4 is 11.1 Å². The summed E-state index contributed by atoms with van der Waals surface area (Å²) in [6.07, 6.45) is 8.04. The Morgan fingerprint density at radius 3 is 2.88 bits per heavy atom. The average Bonchev–Trinajstić information content (AvgIpc) is 3.11. The van der Waals surface area contributed by atoms with E-state index in [9.17, 15) is 4.79 Å². The first-order valence-corrected chi connectivity index (χ1v) is 8.04. The summed E-state index contributed by atoms with van der Waals surface area (Å²) in [5.41, 5.74) is 8.11. The summed E-state index contributed by atoms with van der Waals surface area (Å²) in [6, 6.07) is 5.57. The van der Waals surface area contributed by atoms with Crippen LogP contribution in [0.4, 0.5) is 17.4 Å². The lowest BCUT2D eigenvalue weighted by atomic mass is 10.1. The molecule has 1 unspecified atom stereocenters. The van der Waals surface area contributed by atoms with Crippen LogP contribution in [-0.4, -0.2) is 24.3 Å². The molecule has 1 heterocycles. The fourth-order valence-electron chi connectivity index (χ4n) is 2.20. The Bertz CT molecular complexity index is 852. The quantitative estimate of drug-likeness (QED) is 0.229. The van der Waals surface area contributed by atoms with Crippen LogP contribution in [-0.2, 0) is 9.53 Å².